The fourth-order valence-electron chi connectivity index (χ4n) is 2.51. The molecule has 0 spiro atoms. The van der Waals surface area contributed by atoms with Gasteiger partial charge in [0.05, 0.1) is 10.6 Å². The van der Waals surface area contributed by atoms with Crippen LogP contribution in [0, 0.1) is 5.92 Å². The summed E-state index contributed by atoms with van der Waals surface area (Å²) in [5.41, 5.74) is 0.515. The van der Waals surface area contributed by atoms with Crippen LogP contribution in [-0.2, 0) is 0 Å². The van der Waals surface area contributed by atoms with Crippen LogP contribution < -0.4 is 10.6 Å². The Balaban J connectivity index is 0.00000200. The van der Waals surface area contributed by atoms with Crippen LogP contribution in [0.2, 0.25) is 5.02 Å². The lowest BCUT2D eigenvalue weighted by Crippen LogP contribution is -2.55. The standard InChI is InChI=1S/C14H18BrClN2O.ClH/c1-8-6-7-17-9(2)13(8)18-14(19)10-4-3-5-11(15)12(10)16;/h3-5,8-9,13,17H,6-7H2,1-2H3,(H,18,19);1H. The van der Waals surface area contributed by atoms with Gasteiger partial charge in [0, 0.05) is 16.6 Å². The molecule has 6 heteroatoms. The Morgan fingerprint density at radius 1 is 1.45 bits per heavy atom. The first-order valence-corrected chi connectivity index (χ1v) is 7.66. The number of carbonyl (C=O) groups excluding carboxylic acids is 1. The lowest BCUT2D eigenvalue weighted by atomic mass is 9.89. The molecule has 1 aromatic carbocycles. The lowest BCUT2D eigenvalue weighted by Gasteiger charge is -2.36. The Kier molecular flexibility index (Phi) is 6.79. The van der Waals surface area contributed by atoms with E-state index in [1.165, 1.54) is 0 Å². The molecule has 3 unspecified atom stereocenters. The maximum Gasteiger partial charge on any atom is 0.253 e. The van der Waals surface area contributed by atoms with Crippen molar-refractivity contribution in [1.82, 2.24) is 10.6 Å². The largest absolute Gasteiger partial charge is 0.347 e. The predicted octanol–water partition coefficient (Wildman–Crippen LogP) is 3.64. The highest BCUT2D eigenvalue weighted by Crippen LogP contribution is 2.26. The molecule has 0 aromatic heterocycles. The third-order valence-corrected chi connectivity index (χ3v) is 5.01. The minimum Gasteiger partial charge on any atom is -0.347 e. The molecule has 3 atom stereocenters. The van der Waals surface area contributed by atoms with Crippen LogP contribution >= 0.6 is 39.9 Å². The number of hydrogen-bond acceptors (Lipinski definition) is 2. The molecule has 2 rings (SSSR count). The minimum atomic E-state index is -0.112. The predicted molar refractivity (Wildman–Crippen MR) is 88.9 cm³/mol. The summed E-state index contributed by atoms with van der Waals surface area (Å²) < 4.78 is 0.740. The molecule has 0 bridgehead atoms. The van der Waals surface area contributed by atoms with Crippen LogP contribution in [-0.4, -0.2) is 24.5 Å². The molecular weight excluding hydrogens is 363 g/mol. The van der Waals surface area contributed by atoms with Crippen LogP contribution in [0.25, 0.3) is 0 Å². The Morgan fingerprint density at radius 3 is 2.80 bits per heavy atom. The number of halogens is 3. The van der Waals surface area contributed by atoms with Gasteiger partial charge in [-0.05, 0) is 53.9 Å². The third kappa shape index (κ3) is 3.88. The van der Waals surface area contributed by atoms with Crippen molar-refractivity contribution in [2.24, 2.45) is 5.92 Å². The van der Waals surface area contributed by atoms with Crippen LogP contribution in [0.3, 0.4) is 0 Å². The molecule has 0 saturated carbocycles. The molecule has 1 aliphatic rings. The Labute approximate surface area is 139 Å². The highest BCUT2D eigenvalue weighted by Gasteiger charge is 2.29. The zero-order valence-electron chi connectivity index (χ0n) is 11.5. The van der Waals surface area contributed by atoms with Gasteiger partial charge in [0.25, 0.3) is 5.91 Å². The summed E-state index contributed by atoms with van der Waals surface area (Å²) in [6.07, 6.45) is 1.07. The van der Waals surface area contributed by atoms with Crippen molar-refractivity contribution < 1.29 is 4.79 Å². The van der Waals surface area contributed by atoms with E-state index in [1.807, 2.05) is 12.1 Å². The van der Waals surface area contributed by atoms with E-state index in [4.69, 9.17) is 11.6 Å². The van der Waals surface area contributed by atoms with Gasteiger partial charge in [-0.1, -0.05) is 24.6 Å². The maximum atomic E-state index is 12.3. The second-order valence-electron chi connectivity index (χ2n) is 5.11. The van der Waals surface area contributed by atoms with Crippen LogP contribution in [0.5, 0.6) is 0 Å². The van der Waals surface area contributed by atoms with Crippen molar-refractivity contribution in [1.29, 1.82) is 0 Å². The van der Waals surface area contributed by atoms with Gasteiger partial charge in [0.1, 0.15) is 0 Å². The normalized spacial score (nSPS) is 25.7. The highest BCUT2D eigenvalue weighted by atomic mass is 79.9. The summed E-state index contributed by atoms with van der Waals surface area (Å²) in [5, 5.41) is 6.95. The van der Waals surface area contributed by atoms with E-state index in [0.29, 0.717) is 16.5 Å². The number of nitrogens with one attached hydrogen (secondary N) is 2. The summed E-state index contributed by atoms with van der Waals surface area (Å²) in [5.74, 6) is 0.352. The fraction of sp³-hybridized carbons (Fsp3) is 0.500. The van der Waals surface area contributed by atoms with Crippen LogP contribution in [0.1, 0.15) is 30.6 Å². The molecule has 0 aliphatic carbocycles. The number of piperidine rings is 1. The quantitative estimate of drug-likeness (QED) is 0.820. The molecule has 1 aromatic rings. The number of carbonyl (C=O) groups is 1. The summed E-state index contributed by atoms with van der Waals surface area (Å²) in [6.45, 7) is 5.28. The molecule has 1 fully saturated rings. The van der Waals surface area contributed by atoms with Crippen LogP contribution in [0.4, 0.5) is 0 Å². The average molecular weight is 382 g/mol. The molecule has 2 N–H and O–H groups in total. The summed E-state index contributed by atoms with van der Waals surface area (Å²) in [4.78, 5) is 12.3. The number of benzene rings is 1. The second kappa shape index (κ2) is 7.64. The van der Waals surface area contributed by atoms with Crippen molar-refractivity contribution >= 4 is 45.8 Å². The zero-order valence-corrected chi connectivity index (χ0v) is 14.6. The van der Waals surface area contributed by atoms with E-state index in [9.17, 15) is 4.79 Å². The number of hydrogen-bond donors (Lipinski definition) is 2. The van der Waals surface area contributed by atoms with E-state index in [1.54, 1.807) is 6.07 Å². The van der Waals surface area contributed by atoms with E-state index in [2.05, 4.69) is 40.4 Å². The molecular formula is C14H19BrCl2N2O. The minimum absolute atomic E-state index is 0. The van der Waals surface area contributed by atoms with Gasteiger partial charge in [-0.2, -0.15) is 0 Å². The van der Waals surface area contributed by atoms with Gasteiger partial charge in [-0.25, -0.2) is 0 Å². The monoisotopic (exact) mass is 380 g/mol. The molecule has 3 nitrogen and oxygen atoms in total. The smallest absolute Gasteiger partial charge is 0.253 e. The molecule has 1 heterocycles. The van der Waals surface area contributed by atoms with Gasteiger partial charge >= 0.3 is 0 Å². The Hall–Kier alpha value is -0.290. The van der Waals surface area contributed by atoms with Gasteiger partial charge in [-0.15, -0.1) is 12.4 Å². The topological polar surface area (TPSA) is 41.1 Å². The number of rotatable bonds is 2. The summed E-state index contributed by atoms with van der Waals surface area (Å²) in [7, 11) is 0. The first kappa shape index (κ1) is 17.8. The van der Waals surface area contributed by atoms with Crippen molar-refractivity contribution in [3.05, 3.63) is 33.3 Å². The van der Waals surface area contributed by atoms with Gasteiger partial charge in [0.15, 0.2) is 0 Å². The first-order chi connectivity index (χ1) is 9.00. The van der Waals surface area contributed by atoms with Gasteiger partial charge < -0.3 is 10.6 Å². The van der Waals surface area contributed by atoms with Crippen molar-refractivity contribution in [3.8, 4) is 0 Å². The van der Waals surface area contributed by atoms with Crippen LogP contribution in [0.15, 0.2) is 22.7 Å². The number of amides is 1. The molecule has 1 saturated heterocycles. The first-order valence-electron chi connectivity index (χ1n) is 6.49. The van der Waals surface area contributed by atoms with E-state index < -0.39 is 0 Å². The van der Waals surface area contributed by atoms with E-state index in [0.717, 1.165) is 17.4 Å². The Morgan fingerprint density at radius 2 is 2.15 bits per heavy atom. The van der Waals surface area contributed by atoms with E-state index >= 15 is 0 Å². The summed E-state index contributed by atoms with van der Waals surface area (Å²) in [6, 6.07) is 5.80. The van der Waals surface area contributed by atoms with Crippen molar-refractivity contribution in [2.45, 2.75) is 32.4 Å². The molecule has 1 aliphatic heterocycles. The third-order valence-electron chi connectivity index (χ3n) is 3.71. The highest BCUT2D eigenvalue weighted by molar-refractivity contribution is 9.10. The Bertz CT molecular complexity index is 474. The van der Waals surface area contributed by atoms with Gasteiger partial charge in [-0.3, -0.25) is 4.79 Å². The summed E-state index contributed by atoms with van der Waals surface area (Å²) >= 11 is 9.49. The van der Waals surface area contributed by atoms with Crippen molar-refractivity contribution in [3.63, 3.8) is 0 Å². The molecule has 0 radical (unpaired) electrons. The molecule has 20 heavy (non-hydrogen) atoms. The van der Waals surface area contributed by atoms with Gasteiger partial charge in [0.2, 0.25) is 0 Å². The zero-order chi connectivity index (χ0) is 14.0. The SMILES string of the molecule is CC1CCNC(C)C1NC(=O)c1cccc(Br)c1Cl.Cl. The lowest BCUT2D eigenvalue weighted by molar-refractivity contribution is 0.0897. The molecule has 1 amide bonds. The molecule has 112 valence electrons. The van der Waals surface area contributed by atoms with E-state index in [-0.39, 0.29) is 30.4 Å². The maximum absolute atomic E-state index is 12.3. The second-order valence-corrected chi connectivity index (χ2v) is 6.34. The average Bonchev–Trinajstić information content (AvgIpc) is 2.37. The fourth-order valence-corrected chi connectivity index (χ4v) is 3.09. The van der Waals surface area contributed by atoms with Crippen molar-refractivity contribution in [2.75, 3.05) is 6.54 Å².